The van der Waals surface area contributed by atoms with Gasteiger partial charge in [0.05, 0.1) is 6.10 Å². The fourth-order valence-electron chi connectivity index (χ4n) is 3.89. The molecule has 0 aromatic carbocycles. The minimum absolute atomic E-state index is 0.342. The van der Waals surface area contributed by atoms with Crippen LogP contribution < -0.4 is 5.32 Å². The summed E-state index contributed by atoms with van der Waals surface area (Å²) in [6.45, 7) is 12.5. The Bertz CT molecular complexity index is 289. The van der Waals surface area contributed by atoms with Crippen molar-refractivity contribution in [3.8, 4) is 0 Å². The van der Waals surface area contributed by atoms with Gasteiger partial charge in [0.2, 0.25) is 0 Å². The third-order valence-electron chi connectivity index (χ3n) is 5.77. The number of ether oxygens (including phenoxy) is 1. The molecule has 0 aromatic rings. The van der Waals surface area contributed by atoms with Crippen molar-refractivity contribution in [2.75, 3.05) is 6.61 Å². The zero-order valence-corrected chi connectivity index (χ0v) is 12.9. The third kappa shape index (κ3) is 2.34. The Morgan fingerprint density at radius 2 is 1.89 bits per heavy atom. The molecule has 0 bridgehead atoms. The lowest BCUT2D eigenvalue weighted by Crippen LogP contribution is -2.64. The van der Waals surface area contributed by atoms with Gasteiger partial charge in [-0.3, -0.25) is 0 Å². The molecular formula is C16H31NO. The number of nitrogens with one attached hydrogen (secondary N) is 1. The molecule has 0 aromatic heterocycles. The monoisotopic (exact) mass is 253 g/mol. The molecule has 2 aliphatic rings. The predicted octanol–water partition coefficient (Wildman–Crippen LogP) is 3.75. The Morgan fingerprint density at radius 1 is 1.17 bits per heavy atom. The van der Waals surface area contributed by atoms with Crippen LogP contribution in [-0.4, -0.2) is 24.8 Å². The van der Waals surface area contributed by atoms with Crippen LogP contribution >= 0.6 is 0 Å². The normalized spacial score (nSPS) is 42.8. The SMILES string of the molecule is CCOC1CC(NC2CCCC2(C)C)C1(C)CC. The van der Waals surface area contributed by atoms with E-state index in [0.29, 0.717) is 29.0 Å². The van der Waals surface area contributed by atoms with Gasteiger partial charge in [-0.25, -0.2) is 0 Å². The molecular weight excluding hydrogens is 222 g/mol. The summed E-state index contributed by atoms with van der Waals surface area (Å²) in [4.78, 5) is 0. The highest BCUT2D eigenvalue weighted by Crippen LogP contribution is 2.48. The molecule has 2 saturated carbocycles. The molecule has 0 radical (unpaired) electrons. The Morgan fingerprint density at radius 3 is 2.39 bits per heavy atom. The van der Waals surface area contributed by atoms with Gasteiger partial charge >= 0.3 is 0 Å². The van der Waals surface area contributed by atoms with Crippen LogP contribution in [-0.2, 0) is 4.74 Å². The van der Waals surface area contributed by atoms with E-state index in [1.165, 1.54) is 32.1 Å². The van der Waals surface area contributed by atoms with Gasteiger partial charge in [-0.15, -0.1) is 0 Å². The molecule has 0 aliphatic heterocycles. The maximum atomic E-state index is 5.89. The molecule has 4 unspecified atom stereocenters. The first-order valence-corrected chi connectivity index (χ1v) is 7.81. The summed E-state index contributed by atoms with van der Waals surface area (Å²) in [5.74, 6) is 0. The topological polar surface area (TPSA) is 21.3 Å². The summed E-state index contributed by atoms with van der Waals surface area (Å²) in [7, 11) is 0. The van der Waals surface area contributed by atoms with E-state index >= 15 is 0 Å². The highest BCUT2D eigenvalue weighted by molar-refractivity contribution is 5.07. The van der Waals surface area contributed by atoms with Crippen LogP contribution in [0, 0.1) is 10.8 Å². The molecule has 4 atom stereocenters. The maximum absolute atomic E-state index is 5.89. The van der Waals surface area contributed by atoms with Crippen LogP contribution in [0.1, 0.15) is 66.7 Å². The second kappa shape index (κ2) is 5.13. The van der Waals surface area contributed by atoms with Crippen molar-refractivity contribution in [2.24, 2.45) is 10.8 Å². The minimum Gasteiger partial charge on any atom is -0.378 e. The third-order valence-corrected chi connectivity index (χ3v) is 5.77. The quantitative estimate of drug-likeness (QED) is 0.805. The van der Waals surface area contributed by atoms with E-state index in [1.807, 2.05) is 0 Å². The molecule has 0 amide bonds. The van der Waals surface area contributed by atoms with Crippen LogP contribution in [0.2, 0.25) is 0 Å². The fourth-order valence-corrected chi connectivity index (χ4v) is 3.89. The molecule has 2 fully saturated rings. The number of rotatable bonds is 5. The van der Waals surface area contributed by atoms with E-state index in [4.69, 9.17) is 4.74 Å². The first-order valence-electron chi connectivity index (χ1n) is 7.81. The summed E-state index contributed by atoms with van der Waals surface area (Å²) in [6, 6.07) is 1.36. The van der Waals surface area contributed by atoms with E-state index in [9.17, 15) is 0 Å². The minimum atomic E-state index is 0.342. The average molecular weight is 253 g/mol. The lowest BCUT2D eigenvalue weighted by atomic mass is 9.61. The summed E-state index contributed by atoms with van der Waals surface area (Å²) < 4.78 is 5.89. The van der Waals surface area contributed by atoms with Gasteiger partial charge in [0.25, 0.3) is 0 Å². The van der Waals surface area contributed by atoms with Crippen LogP contribution in [0.15, 0.2) is 0 Å². The van der Waals surface area contributed by atoms with E-state index in [1.54, 1.807) is 0 Å². The van der Waals surface area contributed by atoms with Crippen molar-refractivity contribution in [3.63, 3.8) is 0 Å². The molecule has 0 spiro atoms. The zero-order valence-electron chi connectivity index (χ0n) is 12.9. The summed E-state index contributed by atoms with van der Waals surface area (Å²) in [5, 5.41) is 3.96. The Labute approximate surface area is 113 Å². The molecule has 2 aliphatic carbocycles. The lowest BCUT2D eigenvalue weighted by molar-refractivity contribution is -0.130. The predicted molar refractivity (Wildman–Crippen MR) is 76.8 cm³/mol. The maximum Gasteiger partial charge on any atom is 0.0658 e. The van der Waals surface area contributed by atoms with Crippen molar-refractivity contribution in [3.05, 3.63) is 0 Å². The molecule has 2 nitrogen and oxygen atoms in total. The van der Waals surface area contributed by atoms with E-state index in [2.05, 4.69) is 39.9 Å². The molecule has 2 heteroatoms. The second-order valence-corrected chi connectivity index (χ2v) is 7.19. The van der Waals surface area contributed by atoms with Gasteiger partial charge in [0, 0.05) is 24.1 Å². The van der Waals surface area contributed by atoms with Gasteiger partial charge in [-0.05, 0) is 38.0 Å². The Hall–Kier alpha value is -0.0800. The Balaban J connectivity index is 1.95. The Kier molecular flexibility index (Phi) is 4.08. The molecule has 0 heterocycles. The van der Waals surface area contributed by atoms with Crippen LogP contribution in [0.4, 0.5) is 0 Å². The van der Waals surface area contributed by atoms with Crippen molar-refractivity contribution in [2.45, 2.75) is 84.9 Å². The van der Waals surface area contributed by atoms with Crippen LogP contribution in [0.25, 0.3) is 0 Å². The van der Waals surface area contributed by atoms with Crippen molar-refractivity contribution < 1.29 is 4.74 Å². The van der Waals surface area contributed by atoms with Gasteiger partial charge in [0.1, 0.15) is 0 Å². The summed E-state index contributed by atoms with van der Waals surface area (Å²) in [6.07, 6.45) is 6.98. The van der Waals surface area contributed by atoms with Gasteiger partial charge < -0.3 is 10.1 Å². The average Bonchev–Trinajstić information content (AvgIpc) is 2.66. The lowest BCUT2D eigenvalue weighted by Gasteiger charge is -2.55. The zero-order chi connectivity index (χ0) is 13.4. The standard InChI is InChI=1S/C16H31NO/c1-6-16(5)13(11-14(16)18-7-2)17-12-9-8-10-15(12,3)4/h12-14,17H,6-11H2,1-5H3. The fraction of sp³-hybridized carbons (Fsp3) is 1.00. The largest absolute Gasteiger partial charge is 0.378 e. The first-order chi connectivity index (χ1) is 8.44. The molecule has 1 N–H and O–H groups in total. The van der Waals surface area contributed by atoms with Gasteiger partial charge in [0.15, 0.2) is 0 Å². The smallest absolute Gasteiger partial charge is 0.0658 e. The second-order valence-electron chi connectivity index (χ2n) is 7.19. The van der Waals surface area contributed by atoms with E-state index in [0.717, 1.165) is 6.61 Å². The number of hydrogen-bond acceptors (Lipinski definition) is 2. The van der Waals surface area contributed by atoms with Crippen molar-refractivity contribution in [1.82, 2.24) is 5.32 Å². The molecule has 0 saturated heterocycles. The highest BCUT2D eigenvalue weighted by atomic mass is 16.5. The van der Waals surface area contributed by atoms with Gasteiger partial charge in [-0.2, -0.15) is 0 Å². The highest BCUT2D eigenvalue weighted by Gasteiger charge is 2.52. The van der Waals surface area contributed by atoms with Crippen molar-refractivity contribution >= 4 is 0 Å². The number of hydrogen-bond donors (Lipinski definition) is 1. The summed E-state index contributed by atoms with van der Waals surface area (Å²) in [5.41, 5.74) is 0.819. The molecule has 2 rings (SSSR count). The summed E-state index contributed by atoms with van der Waals surface area (Å²) >= 11 is 0. The van der Waals surface area contributed by atoms with Crippen LogP contribution in [0.3, 0.4) is 0 Å². The van der Waals surface area contributed by atoms with Crippen LogP contribution in [0.5, 0.6) is 0 Å². The van der Waals surface area contributed by atoms with Crippen molar-refractivity contribution in [1.29, 1.82) is 0 Å². The first kappa shape index (κ1) is 14.3. The molecule has 106 valence electrons. The molecule has 18 heavy (non-hydrogen) atoms. The van der Waals surface area contributed by atoms with E-state index < -0.39 is 0 Å². The van der Waals surface area contributed by atoms with Gasteiger partial charge in [-0.1, -0.05) is 34.1 Å². The van der Waals surface area contributed by atoms with E-state index in [-0.39, 0.29) is 0 Å².